The van der Waals surface area contributed by atoms with Gasteiger partial charge in [-0.1, -0.05) is 48.0 Å². The number of benzene rings is 3. The van der Waals surface area contributed by atoms with Crippen LogP contribution in [0, 0.1) is 26.6 Å². The molecule has 3 aromatic rings. The average Bonchev–Trinajstić information content (AvgIpc) is 2.99. The highest BCUT2D eigenvalue weighted by atomic mass is 19.1. The van der Waals surface area contributed by atoms with E-state index >= 15 is 0 Å². The third-order valence-electron chi connectivity index (χ3n) is 5.44. The lowest BCUT2D eigenvalue weighted by Gasteiger charge is -2.26. The third kappa shape index (κ3) is 3.75. The Morgan fingerprint density at radius 1 is 0.839 bits per heavy atom. The fraction of sp³-hybridized carbons (Fsp3) is 0.154. The summed E-state index contributed by atoms with van der Waals surface area (Å²) in [5.41, 5.74) is 4.39. The zero-order valence-corrected chi connectivity index (χ0v) is 17.5. The van der Waals surface area contributed by atoms with Gasteiger partial charge in [-0.05, 0) is 61.7 Å². The fourth-order valence-corrected chi connectivity index (χ4v) is 4.02. The summed E-state index contributed by atoms with van der Waals surface area (Å²) < 4.78 is 13.6. The molecule has 1 atom stereocenters. The highest BCUT2D eigenvalue weighted by Crippen LogP contribution is 2.42. The van der Waals surface area contributed by atoms with E-state index in [0.29, 0.717) is 16.8 Å². The van der Waals surface area contributed by atoms with Crippen molar-refractivity contribution >= 4 is 23.1 Å². The Kier molecular flexibility index (Phi) is 5.19. The summed E-state index contributed by atoms with van der Waals surface area (Å²) in [7, 11) is 0. The number of aryl methyl sites for hydroxylation is 3. The molecule has 1 saturated heterocycles. The molecule has 5 heteroatoms. The van der Waals surface area contributed by atoms with Gasteiger partial charge in [0.25, 0.3) is 11.7 Å². The van der Waals surface area contributed by atoms with Crippen LogP contribution in [0.1, 0.15) is 33.9 Å². The van der Waals surface area contributed by atoms with Crippen LogP contribution < -0.4 is 4.90 Å². The quantitative estimate of drug-likeness (QED) is 0.355. The van der Waals surface area contributed by atoms with Gasteiger partial charge in [-0.15, -0.1) is 0 Å². The van der Waals surface area contributed by atoms with Crippen LogP contribution in [0.5, 0.6) is 0 Å². The molecule has 4 nitrogen and oxygen atoms in total. The summed E-state index contributed by atoms with van der Waals surface area (Å²) in [4.78, 5) is 27.6. The largest absolute Gasteiger partial charge is 0.507 e. The van der Waals surface area contributed by atoms with E-state index in [2.05, 4.69) is 0 Å². The van der Waals surface area contributed by atoms with E-state index < -0.39 is 23.5 Å². The fourth-order valence-electron chi connectivity index (χ4n) is 4.02. The topological polar surface area (TPSA) is 57.6 Å². The number of nitrogens with zero attached hydrogens (tertiary/aromatic N) is 1. The molecule has 4 rings (SSSR count). The summed E-state index contributed by atoms with van der Waals surface area (Å²) in [6.07, 6.45) is 0. The lowest BCUT2D eigenvalue weighted by Crippen LogP contribution is -2.29. The average molecular weight is 415 g/mol. The number of hydrogen-bond acceptors (Lipinski definition) is 3. The second-order valence-corrected chi connectivity index (χ2v) is 7.93. The van der Waals surface area contributed by atoms with E-state index in [1.165, 1.54) is 29.2 Å². The Bertz CT molecular complexity index is 1190. The van der Waals surface area contributed by atoms with Gasteiger partial charge in [-0.3, -0.25) is 14.5 Å². The first kappa shape index (κ1) is 20.5. The van der Waals surface area contributed by atoms with Crippen molar-refractivity contribution in [1.82, 2.24) is 0 Å². The van der Waals surface area contributed by atoms with Gasteiger partial charge in [0.15, 0.2) is 0 Å². The van der Waals surface area contributed by atoms with Gasteiger partial charge in [0, 0.05) is 11.3 Å². The maximum absolute atomic E-state index is 13.6. The van der Waals surface area contributed by atoms with Crippen molar-refractivity contribution in [2.45, 2.75) is 26.8 Å². The zero-order chi connectivity index (χ0) is 22.3. The molecular formula is C26H22FNO3. The molecule has 0 aliphatic carbocycles. The molecule has 1 unspecified atom stereocenters. The van der Waals surface area contributed by atoms with E-state index in [1.807, 2.05) is 51.1 Å². The van der Waals surface area contributed by atoms with Crippen molar-refractivity contribution in [3.05, 3.63) is 106 Å². The number of anilines is 1. The van der Waals surface area contributed by atoms with Crippen LogP contribution in [0.2, 0.25) is 0 Å². The number of aliphatic hydroxyl groups is 1. The molecule has 31 heavy (non-hydrogen) atoms. The molecule has 1 amide bonds. The Labute approximate surface area is 180 Å². The minimum atomic E-state index is -0.872. The van der Waals surface area contributed by atoms with E-state index in [9.17, 15) is 19.1 Å². The smallest absolute Gasteiger partial charge is 0.300 e. The summed E-state index contributed by atoms with van der Waals surface area (Å²) in [6, 6.07) is 17.4. The van der Waals surface area contributed by atoms with Gasteiger partial charge in [-0.2, -0.15) is 0 Å². The molecule has 1 heterocycles. The second kappa shape index (κ2) is 7.84. The van der Waals surface area contributed by atoms with Crippen LogP contribution in [0.4, 0.5) is 10.1 Å². The van der Waals surface area contributed by atoms with Crippen LogP contribution in [-0.2, 0) is 9.59 Å². The number of aliphatic hydroxyl groups excluding tert-OH is 1. The molecule has 0 radical (unpaired) electrons. The lowest BCUT2D eigenvalue weighted by molar-refractivity contribution is -0.132. The van der Waals surface area contributed by atoms with Crippen molar-refractivity contribution in [3.63, 3.8) is 0 Å². The lowest BCUT2D eigenvalue weighted by atomic mass is 9.94. The minimum Gasteiger partial charge on any atom is -0.507 e. The summed E-state index contributed by atoms with van der Waals surface area (Å²) in [6.45, 7) is 5.74. The van der Waals surface area contributed by atoms with Crippen LogP contribution in [0.3, 0.4) is 0 Å². The van der Waals surface area contributed by atoms with Gasteiger partial charge in [-0.25, -0.2) is 4.39 Å². The van der Waals surface area contributed by atoms with Crippen molar-refractivity contribution in [2.75, 3.05) is 4.90 Å². The SMILES string of the molecule is Cc1ccc(/C(O)=C2\C(=O)C(=O)N(c3cc(C)cc(C)c3)C2c2ccc(F)cc2)cc1. The van der Waals surface area contributed by atoms with Gasteiger partial charge in [0.2, 0.25) is 0 Å². The molecule has 1 aliphatic heterocycles. The monoisotopic (exact) mass is 415 g/mol. The Hall–Kier alpha value is -3.73. The molecule has 0 spiro atoms. The number of carbonyl (C=O) groups is 2. The predicted molar refractivity (Wildman–Crippen MR) is 118 cm³/mol. The number of ketones is 1. The predicted octanol–water partition coefficient (Wildman–Crippen LogP) is 5.38. The summed E-state index contributed by atoms with van der Waals surface area (Å²) >= 11 is 0. The van der Waals surface area contributed by atoms with E-state index in [4.69, 9.17) is 0 Å². The highest BCUT2D eigenvalue weighted by molar-refractivity contribution is 6.51. The molecule has 1 aliphatic rings. The van der Waals surface area contributed by atoms with Gasteiger partial charge in [0.05, 0.1) is 11.6 Å². The molecule has 0 bridgehead atoms. The van der Waals surface area contributed by atoms with E-state index in [-0.39, 0.29) is 11.3 Å². The molecule has 0 aromatic heterocycles. The van der Waals surface area contributed by atoms with Crippen LogP contribution in [-0.4, -0.2) is 16.8 Å². The minimum absolute atomic E-state index is 0.0142. The number of rotatable bonds is 3. The van der Waals surface area contributed by atoms with Gasteiger partial charge in [0.1, 0.15) is 11.6 Å². The maximum Gasteiger partial charge on any atom is 0.300 e. The number of hydrogen-bond donors (Lipinski definition) is 1. The van der Waals surface area contributed by atoms with Gasteiger partial charge >= 0.3 is 0 Å². The first-order chi connectivity index (χ1) is 14.8. The van der Waals surface area contributed by atoms with Crippen molar-refractivity contribution in [2.24, 2.45) is 0 Å². The van der Waals surface area contributed by atoms with Crippen LogP contribution in [0.25, 0.3) is 5.76 Å². The maximum atomic E-state index is 13.6. The molecular weight excluding hydrogens is 393 g/mol. The standard InChI is InChI=1S/C26H22FNO3/c1-15-4-6-19(7-5-15)24(29)22-23(18-8-10-20(27)11-9-18)28(26(31)25(22)30)21-13-16(2)12-17(3)14-21/h4-14,23,29H,1-3H3/b24-22+. The molecule has 1 fully saturated rings. The molecule has 156 valence electrons. The summed E-state index contributed by atoms with van der Waals surface area (Å²) in [5.74, 6) is -2.18. The number of Topliss-reactive ketones (excluding diaryl/α,β-unsaturated/α-hetero) is 1. The van der Waals surface area contributed by atoms with E-state index in [1.54, 1.807) is 12.1 Å². The first-order valence-corrected chi connectivity index (χ1v) is 9.98. The summed E-state index contributed by atoms with van der Waals surface area (Å²) in [5, 5.41) is 11.1. The Morgan fingerprint density at radius 3 is 2.00 bits per heavy atom. The zero-order valence-electron chi connectivity index (χ0n) is 17.5. The van der Waals surface area contributed by atoms with Crippen LogP contribution in [0.15, 0.2) is 72.3 Å². The molecule has 0 saturated carbocycles. The number of halogens is 1. The second-order valence-electron chi connectivity index (χ2n) is 7.93. The van der Waals surface area contributed by atoms with Crippen molar-refractivity contribution < 1.29 is 19.1 Å². The van der Waals surface area contributed by atoms with Crippen molar-refractivity contribution in [3.8, 4) is 0 Å². The highest BCUT2D eigenvalue weighted by Gasteiger charge is 2.47. The third-order valence-corrected chi connectivity index (χ3v) is 5.44. The number of amides is 1. The number of carbonyl (C=O) groups excluding carboxylic acids is 2. The molecule has 3 aromatic carbocycles. The molecule has 1 N–H and O–H groups in total. The van der Waals surface area contributed by atoms with Crippen molar-refractivity contribution in [1.29, 1.82) is 0 Å². The Morgan fingerprint density at radius 2 is 1.42 bits per heavy atom. The van der Waals surface area contributed by atoms with Gasteiger partial charge < -0.3 is 5.11 Å². The van der Waals surface area contributed by atoms with Crippen LogP contribution >= 0.6 is 0 Å². The Balaban J connectivity index is 1.96. The first-order valence-electron chi connectivity index (χ1n) is 9.98. The van der Waals surface area contributed by atoms with E-state index in [0.717, 1.165) is 16.7 Å². The normalized spacial score (nSPS) is 17.9.